The summed E-state index contributed by atoms with van der Waals surface area (Å²) >= 11 is 5.21. The molecule has 1 N–H and O–H groups in total. The van der Waals surface area contributed by atoms with Gasteiger partial charge >= 0.3 is 0 Å². The Bertz CT molecular complexity index is 399. The van der Waals surface area contributed by atoms with Crippen molar-refractivity contribution in [3.05, 3.63) is 34.1 Å². The van der Waals surface area contributed by atoms with Crippen LogP contribution in [0.5, 0.6) is 0 Å². The van der Waals surface area contributed by atoms with Crippen molar-refractivity contribution in [2.24, 2.45) is 0 Å². The zero-order valence-corrected chi connectivity index (χ0v) is 13.0. The van der Waals surface area contributed by atoms with Crippen molar-refractivity contribution in [2.45, 2.75) is 43.5 Å². The van der Waals surface area contributed by atoms with Gasteiger partial charge in [0.1, 0.15) is 5.82 Å². The molecule has 2 unspecified atom stereocenters. The van der Waals surface area contributed by atoms with Crippen molar-refractivity contribution in [3.8, 4) is 0 Å². The molecular formula is C14H19BrFNS. The Kier molecular flexibility index (Phi) is 5.52. The molecule has 0 spiro atoms. The molecule has 18 heavy (non-hydrogen) atoms. The molecule has 1 aromatic rings. The van der Waals surface area contributed by atoms with Crippen LogP contribution in [0.1, 0.15) is 31.2 Å². The first-order valence-electron chi connectivity index (χ1n) is 6.39. The van der Waals surface area contributed by atoms with Gasteiger partial charge in [0.2, 0.25) is 0 Å². The van der Waals surface area contributed by atoms with Gasteiger partial charge in [-0.1, -0.05) is 12.5 Å². The molecular weight excluding hydrogens is 313 g/mol. The van der Waals surface area contributed by atoms with Crippen LogP contribution in [0.2, 0.25) is 0 Å². The molecule has 1 aromatic carbocycles. The monoisotopic (exact) mass is 331 g/mol. The minimum atomic E-state index is -0.195. The van der Waals surface area contributed by atoms with Crippen molar-refractivity contribution in [3.63, 3.8) is 0 Å². The molecule has 1 aliphatic carbocycles. The Morgan fingerprint density at radius 1 is 1.44 bits per heavy atom. The number of halogens is 2. The third kappa shape index (κ3) is 3.97. The van der Waals surface area contributed by atoms with Gasteiger partial charge in [0, 0.05) is 17.8 Å². The maximum atomic E-state index is 13.1. The number of rotatable bonds is 4. The van der Waals surface area contributed by atoms with Crippen LogP contribution in [-0.2, 0) is 6.54 Å². The number of benzene rings is 1. The number of nitrogens with one attached hydrogen (secondary N) is 1. The number of thioether (sulfide) groups is 1. The van der Waals surface area contributed by atoms with Gasteiger partial charge in [0.25, 0.3) is 0 Å². The molecule has 2 atom stereocenters. The second-order valence-corrected chi connectivity index (χ2v) is 6.84. The SMILES string of the molecule is CSC1CCCC(NCc2ccc(F)c(Br)c2)C1. The summed E-state index contributed by atoms with van der Waals surface area (Å²) in [7, 11) is 0. The molecule has 0 radical (unpaired) electrons. The van der Waals surface area contributed by atoms with E-state index in [0.717, 1.165) is 17.4 Å². The van der Waals surface area contributed by atoms with Crippen LogP contribution in [-0.4, -0.2) is 17.5 Å². The molecule has 0 bridgehead atoms. The second-order valence-electron chi connectivity index (χ2n) is 4.85. The quantitative estimate of drug-likeness (QED) is 0.880. The molecule has 0 amide bonds. The van der Waals surface area contributed by atoms with Crippen LogP contribution in [0.4, 0.5) is 4.39 Å². The van der Waals surface area contributed by atoms with Gasteiger partial charge in [-0.25, -0.2) is 4.39 Å². The van der Waals surface area contributed by atoms with Gasteiger partial charge in [-0.2, -0.15) is 11.8 Å². The topological polar surface area (TPSA) is 12.0 Å². The number of hydrogen-bond donors (Lipinski definition) is 1. The number of hydrogen-bond acceptors (Lipinski definition) is 2. The Hall–Kier alpha value is -0.0600. The van der Waals surface area contributed by atoms with E-state index < -0.39 is 0 Å². The normalized spacial score (nSPS) is 24.2. The molecule has 0 aromatic heterocycles. The molecule has 0 heterocycles. The molecule has 1 fully saturated rings. The van der Waals surface area contributed by atoms with Gasteiger partial charge in [0.15, 0.2) is 0 Å². The van der Waals surface area contributed by atoms with Gasteiger partial charge in [-0.05, 0) is 59.1 Å². The van der Waals surface area contributed by atoms with Crippen LogP contribution in [0.15, 0.2) is 22.7 Å². The summed E-state index contributed by atoms with van der Waals surface area (Å²) in [4.78, 5) is 0. The summed E-state index contributed by atoms with van der Waals surface area (Å²) in [5, 5.41) is 4.39. The average Bonchev–Trinajstić information content (AvgIpc) is 2.40. The maximum Gasteiger partial charge on any atom is 0.137 e. The third-order valence-electron chi connectivity index (χ3n) is 3.54. The summed E-state index contributed by atoms with van der Waals surface area (Å²) in [6.45, 7) is 0.824. The molecule has 100 valence electrons. The van der Waals surface area contributed by atoms with Gasteiger partial charge in [0.05, 0.1) is 4.47 Å². The van der Waals surface area contributed by atoms with E-state index in [1.54, 1.807) is 0 Å². The predicted molar refractivity (Wildman–Crippen MR) is 80.5 cm³/mol. The van der Waals surface area contributed by atoms with E-state index in [9.17, 15) is 4.39 Å². The van der Waals surface area contributed by atoms with Crippen molar-refractivity contribution in [2.75, 3.05) is 6.26 Å². The third-order valence-corrected chi connectivity index (χ3v) is 5.24. The maximum absolute atomic E-state index is 13.1. The highest BCUT2D eigenvalue weighted by molar-refractivity contribution is 9.10. The zero-order chi connectivity index (χ0) is 13.0. The summed E-state index contributed by atoms with van der Waals surface area (Å²) in [5.41, 5.74) is 1.13. The minimum absolute atomic E-state index is 0.195. The Balaban J connectivity index is 1.85. The minimum Gasteiger partial charge on any atom is -0.310 e. The van der Waals surface area contributed by atoms with Crippen LogP contribution in [0, 0.1) is 5.82 Å². The van der Waals surface area contributed by atoms with E-state index in [1.165, 1.54) is 31.7 Å². The lowest BCUT2D eigenvalue weighted by Gasteiger charge is -2.28. The highest BCUT2D eigenvalue weighted by Crippen LogP contribution is 2.27. The lowest BCUT2D eigenvalue weighted by molar-refractivity contribution is 0.380. The summed E-state index contributed by atoms with van der Waals surface area (Å²) in [6, 6.07) is 5.84. The highest BCUT2D eigenvalue weighted by atomic mass is 79.9. The van der Waals surface area contributed by atoms with Crippen LogP contribution in [0.3, 0.4) is 0 Å². The van der Waals surface area contributed by atoms with Crippen LogP contribution < -0.4 is 5.32 Å². The van der Waals surface area contributed by atoms with E-state index in [4.69, 9.17) is 0 Å². The molecule has 4 heteroatoms. The largest absolute Gasteiger partial charge is 0.310 e. The van der Waals surface area contributed by atoms with E-state index >= 15 is 0 Å². The fourth-order valence-corrected chi connectivity index (χ4v) is 3.71. The lowest BCUT2D eigenvalue weighted by Crippen LogP contribution is -2.34. The first kappa shape index (κ1) is 14.4. The van der Waals surface area contributed by atoms with Crippen molar-refractivity contribution in [1.82, 2.24) is 5.32 Å². The molecule has 0 saturated heterocycles. The lowest BCUT2D eigenvalue weighted by atomic mass is 9.95. The predicted octanol–water partition coefficient (Wildman–Crippen LogP) is 4.35. The van der Waals surface area contributed by atoms with Crippen molar-refractivity contribution >= 4 is 27.7 Å². The molecule has 1 nitrogen and oxygen atoms in total. The summed E-state index contributed by atoms with van der Waals surface area (Å²) in [6.07, 6.45) is 7.38. The zero-order valence-electron chi connectivity index (χ0n) is 10.6. The Morgan fingerprint density at radius 2 is 2.28 bits per heavy atom. The average molecular weight is 332 g/mol. The summed E-state index contributed by atoms with van der Waals surface area (Å²) < 4.78 is 13.7. The standard InChI is InChI=1S/C14H19BrFNS/c1-18-12-4-2-3-11(8-12)17-9-10-5-6-14(16)13(15)7-10/h5-7,11-12,17H,2-4,8-9H2,1H3. The first-order valence-corrected chi connectivity index (χ1v) is 8.47. The Labute approximate surface area is 121 Å². The van der Waals surface area contributed by atoms with Crippen molar-refractivity contribution < 1.29 is 4.39 Å². The molecule has 2 rings (SSSR count). The first-order chi connectivity index (χ1) is 8.69. The molecule has 1 aliphatic rings. The van der Waals surface area contributed by atoms with E-state index in [1.807, 2.05) is 23.9 Å². The van der Waals surface area contributed by atoms with E-state index in [2.05, 4.69) is 27.5 Å². The van der Waals surface area contributed by atoms with Crippen LogP contribution >= 0.6 is 27.7 Å². The van der Waals surface area contributed by atoms with Crippen LogP contribution in [0.25, 0.3) is 0 Å². The van der Waals surface area contributed by atoms with Gasteiger partial charge in [-0.3, -0.25) is 0 Å². The van der Waals surface area contributed by atoms with E-state index in [0.29, 0.717) is 10.5 Å². The van der Waals surface area contributed by atoms with Gasteiger partial charge < -0.3 is 5.32 Å². The fourth-order valence-electron chi connectivity index (χ4n) is 2.46. The Morgan fingerprint density at radius 3 is 3.00 bits per heavy atom. The summed E-state index contributed by atoms with van der Waals surface area (Å²) in [5.74, 6) is -0.195. The smallest absolute Gasteiger partial charge is 0.137 e. The van der Waals surface area contributed by atoms with Gasteiger partial charge in [-0.15, -0.1) is 0 Å². The van der Waals surface area contributed by atoms with E-state index in [-0.39, 0.29) is 5.82 Å². The fraction of sp³-hybridized carbons (Fsp3) is 0.571. The van der Waals surface area contributed by atoms with Crippen molar-refractivity contribution in [1.29, 1.82) is 0 Å². The molecule has 0 aliphatic heterocycles. The second kappa shape index (κ2) is 6.92. The highest BCUT2D eigenvalue weighted by Gasteiger charge is 2.20. The molecule has 1 saturated carbocycles.